The van der Waals surface area contributed by atoms with E-state index in [9.17, 15) is 14.4 Å². The van der Waals surface area contributed by atoms with Gasteiger partial charge in [-0.05, 0) is 18.8 Å². The van der Waals surface area contributed by atoms with E-state index in [0.29, 0.717) is 25.3 Å². The second-order valence-electron chi connectivity index (χ2n) is 5.37. The summed E-state index contributed by atoms with van der Waals surface area (Å²) in [6.45, 7) is 4.41. The number of aliphatic carboxylic acids is 1. The van der Waals surface area contributed by atoms with Crippen molar-refractivity contribution in [2.24, 2.45) is 5.92 Å². The Kier molecular flexibility index (Phi) is 4.74. The number of amides is 3. The van der Waals surface area contributed by atoms with Gasteiger partial charge in [-0.2, -0.15) is 0 Å². The SMILES string of the molecule is CC(C)CNC(=O)CN(C)C(=O)NC1(C(=O)O)CC1. The predicted molar refractivity (Wildman–Crippen MR) is 68.6 cm³/mol. The molecule has 0 aliphatic heterocycles. The monoisotopic (exact) mass is 271 g/mol. The lowest BCUT2D eigenvalue weighted by molar-refractivity contribution is -0.140. The van der Waals surface area contributed by atoms with Gasteiger partial charge in [0.1, 0.15) is 12.1 Å². The van der Waals surface area contributed by atoms with E-state index in [0.717, 1.165) is 0 Å². The van der Waals surface area contributed by atoms with Crippen LogP contribution in [0.25, 0.3) is 0 Å². The van der Waals surface area contributed by atoms with Gasteiger partial charge in [0.15, 0.2) is 0 Å². The summed E-state index contributed by atoms with van der Waals surface area (Å²) in [4.78, 5) is 35.4. The average molecular weight is 271 g/mol. The zero-order valence-corrected chi connectivity index (χ0v) is 11.5. The molecular weight excluding hydrogens is 250 g/mol. The molecule has 1 aliphatic rings. The Balaban J connectivity index is 2.37. The lowest BCUT2D eigenvalue weighted by atomic mass is 10.2. The van der Waals surface area contributed by atoms with Crippen molar-refractivity contribution in [1.29, 1.82) is 0 Å². The van der Waals surface area contributed by atoms with E-state index in [1.165, 1.54) is 11.9 Å². The molecule has 0 aromatic carbocycles. The summed E-state index contributed by atoms with van der Waals surface area (Å²) in [5.74, 6) is -0.949. The van der Waals surface area contributed by atoms with Crippen LogP contribution in [0.15, 0.2) is 0 Å². The third-order valence-corrected chi connectivity index (χ3v) is 2.94. The van der Waals surface area contributed by atoms with Gasteiger partial charge in [0.05, 0.1) is 0 Å². The maximum Gasteiger partial charge on any atom is 0.329 e. The number of carboxylic acid groups (broad SMARTS) is 1. The van der Waals surface area contributed by atoms with Crippen LogP contribution in [0.2, 0.25) is 0 Å². The van der Waals surface area contributed by atoms with E-state index >= 15 is 0 Å². The number of urea groups is 1. The molecule has 0 heterocycles. The molecule has 0 spiro atoms. The topological polar surface area (TPSA) is 98.7 Å². The standard InChI is InChI=1S/C12H21N3O4/c1-8(2)6-13-9(16)7-15(3)11(19)14-12(4-5-12)10(17)18/h8H,4-7H2,1-3H3,(H,13,16)(H,14,19)(H,17,18). The van der Waals surface area contributed by atoms with Crippen molar-refractivity contribution in [3.8, 4) is 0 Å². The summed E-state index contributed by atoms with van der Waals surface area (Å²) in [6.07, 6.45) is 0.864. The van der Waals surface area contributed by atoms with Crippen molar-refractivity contribution < 1.29 is 19.5 Å². The quantitative estimate of drug-likeness (QED) is 0.634. The minimum atomic E-state index is -1.13. The molecule has 7 nitrogen and oxygen atoms in total. The molecule has 19 heavy (non-hydrogen) atoms. The molecule has 3 N–H and O–H groups in total. The number of carbonyl (C=O) groups excluding carboxylic acids is 2. The van der Waals surface area contributed by atoms with Gasteiger partial charge in [-0.1, -0.05) is 13.8 Å². The second kappa shape index (κ2) is 5.90. The van der Waals surface area contributed by atoms with E-state index in [-0.39, 0.29) is 12.5 Å². The Bertz CT molecular complexity index is 377. The number of hydrogen-bond acceptors (Lipinski definition) is 3. The van der Waals surface area contributed by atoms with Crippen LogP contribution in [-0.2, 0) is 9.59 Å². The molecule has 1 rings (SSSR count). The number of nitrogens with one attached hydrogen (secondary N) is 2. The number of likely N-dealkylation sites (N-methyl/N-ethyl adjacent to an activating group) is 1. The van der Waals surface area contributed by atoms with E-state index in [4.69, 9.17) is 5.11 Å². The zero-order chi connectivity index (χ0) is 14.6. The van der Waals surface area contributed by atoms with Crippen LogP contribution in [-0.4, -0.2) is 53.6 Å². The molecule has 0 radical (unpaired) electrons. The fraction of sp³-hybridized carbons (Fsp3) is 0.750. The highest BCUT2D eigenvalue weighted by Crippen LogP contribution is 2.35. The van der Waals surface area contributed by atoms with Gasteiger partial charge in [0.2, 0.25) is 5.91 Å². The highest BCUT2D eigenvalue weighted by Gasteiger charge is 2.52. The molecular formula is C12H21N3O4. The van der Waals surface area contributed by atoms with Gasteiger partial charge in [0, 0.05) is 13.6 Å². The van der Waals surface area contributed by atoms with Gasteiger partial charge in [-0.25, -0.2) is 9.59 Å². The van der Waals surface area contributed by atoms with Crippen molar-refractivity contribution in [3.63, 3.8) is 0 Å². The molecule has 1 fully saturated rings. The molecule has 1 saturated carbocycles. The van der Waals surface area contributed by atoms with Gasteiger partial charge >= 0.3 is 12.0 Å². The fourth-order valence-electron chi connectivity index (χ4n) is 1.48. The summed E-state index contributed by atoms with van der Waals surface area (Å²) < 4.78 is 0. The maximum atomic E-state index is 11.7. The van der Waals surface area contributed by atoms with E-state index in [2.05, 4.69) is 10.6 Å². The van der Waals surface area contributed by atoms with Gasteiger partial charge in [0.25, 0.3) is 0 Å². The van der Waals surface area contributed by atoms with Crippen LogP contribution < -0.4 is 10.6 Å². The molecule has 0 unspecified atom stereocenters. The largest absolute Gasteiger partial charge is 0.480 e. The molecule has 7 heteroatoms. The molecule has 0 atom stereocenters. The number of carboxylic acids is 1. The summed E-state index contributed by atoms with van der Waals surface area (Å²) in [5, 5.41) is 14.1. The Morgan fingerprint density at radius 2 is 1.89 bits per heavy atom. The van der Waals surface area contributed by atoms with Crippen LogP contribution in [0, 0.1) is 5.92 Å². The molecule has 0 aromatic rings. The lowest BCUT2D eigenvalue weighted by Crippen LogP contribution is -2.50. The minimum absolute atomic E-state index is 0.0890. The van der Waals surface area contributed by atoms with Crippen molar-refractivity contribution in [1.82, 2.24) is 15.5 Å². The highest BCUT2D eigenvalue weighted by atomic mass is 16.4. The number of carbonyl (C=O) groups is 3. The first-order valence-electron chi connectivity index (χ1n) is 6.30. The van der Waals surface area contributed by atoms with Gasteiger partial charge in [-0.15, -0.1) is 0 Å². The minimum Gasteiger partial charge on any atom is -0.480 e. The summed E-state index contributed by atoms with van der Waals surface area (Å²) in [7, 11) is 1.46. The molecule has 0 aromatic heterocycles. The Morgan fingerprint density at radius 1 is 1.32 bits per heavy atom. The first-order valence-corrected chi connectivity index (χ1v) is 6.30. The van der Waals surface area contributed by atoms with Crippen molar-refractivity contribution in [2.75, 3.05) is 20.1 Å². The molecule has 108 valence electrons. The van der Waals surface area contributed by atoms with Crippen LogP contribution in [0.5, 0.6) is 0 Å². The fourth-order valence-corrected chi connectivity index (χ4v) is 1.48. The molecule has 0 saturated heterocycles. The van der Waals surface area contributed by atoms with Gasteiger partial charge in [-0.3, -0.25) is 4.79 Å². The average Bonchev–Trinajstić information content (AvgIpc) is 3.07. The van der Waals surface area contributed by atoms with E-state index in [1.54, 1.807) is 0 Å². The Morgan fingerprint density at radius 3 is 2.32 bits per heavy atom. The van der Waals surface area contributed by atoms with E-state index in [1.807, 2.05) is 13.8 Å². The number of nitrogens with zero attached hydrogens (tertiary/aromatic N) is 1. The van der Waals surface area contributed by atoms with Gasteiger partial charge < -0.3 is 20.6 Å². The first-order chi connectivity index (χ1) is 8.77. The summed E-state index contributed by atoms with van der Waals surface area (Å²) >= 11 is 0. The van der Waals surface area contributed by atoms with Crippen molar-refractivity contribution in [2.45, 2.75) is 32.2 Å². The maximum absolute atomic E-state index is 11.7. The molecule has 3 amide bonds. The first kappa shape index (κ1) is 15.3. The third kappa shape index (κ3) is 4.42. The van der Waals surface area contributed by atoms with E-state index < -0.39 is 17.5 Å². The lowest BCUT2D eigenvalue weighted by Gasteiger charge is -2.20. The normalized spacial score (nSPS) is 15.8. The number of rotatable bonds is 6. The smallest absolute Gasteiger partial charge is 0.329 e. The van der Waals surface area contributed by atoms with Crippen LogP contribution in [0.3, 0.4) is 0 Å². The molecule has 0 bridgehead atoms. The Labute approximate surface area is 112 Å². The third-order valence-electron chi connectivity index (χ3n) is 2.94. The predicted octanol–water partition coefficient (Wildman–Crippen LogP) is 0.0172. The Hall–Kier alpha value is -1.79. The molecule has 1 aliphatic carbocycles. The number of hydrogen-bond donors (Lipinski definition) is 3. The zero-order valence-electron chi connectivity index (χ0n) is 11.5. The summed E-state index contributed by atoms with van der Waals surface area (Å²) in [6, 6.07) is -0.542. The summed E-state index contributed by atoms with van der Waals surface area (Å²) in [5.41, 5.74) is -1.13. The van der Waals surface area contributed by atoms with Crippen molar-refractivity contribution in [3.05, 3.63) is 0 Å². The van der Waals surface area contributed by atoms with Crippen LogP contribution >= 0.6 is 0 Å². The van der Waals surface area contributed by atoms with Crippen LogP contribution in [0.1, 0.15) is 26.7 Å². The second-order valence-corrected chi connectivity index (χ2v) is 5.37. The highest BCUT2D eigenvalue weighted by molar-refractivity contribution is 5.90. The van der Waals surface area contributed by atoms with Crippen molar-refractivity contribution >= 4 is 17.9 Å². The van der Waals surface area contributed by atoms with Crippen LogP contribution in [0.4, 0.5) is 4.79 Å².